The van der Waals surface area contributed by atoms with Gasteiger partial charge >= 0.3 is 5.97 Å². The van der Waals surface area contributed by atoms with E-state index in [4.69, 9.17) is 5.11 Å². The summed E-state index contributed by atoms with van der Waals surface area (Å²) in [6.07, 6.45) is 7.08. The lowest BCUT2D eigenvalue weighted by atomic mass is 9.97. The zero-order valence-corrected chi connectivity index (χ0v) is 9.09. The van der Waals surface area contributed by atoms with Crippen LogP contribution in [0.3, 0.4) is 0 Å². The standard InChI is InChI=1S/C11H15N3O2/c15-11(16)10-12-9-6-5-8(14(9)13-10)7-3-1-2-4-7/h7-8H,1-6H2,(H,15,16). The van der Waals surface area contributed by atoms with Gasteiger partial charge in [0.15, 0.2) is 0 Å². The van der Waals surface area contributed by atoms with Crippen molar-refractivity contribution in [3.8, 4) is 0 Å². The average Bonchev–Trinajstić information content (AvgIpc) is 2.92. The molecule has 1 aliphatic carbocycles. The zero-order chi connectivity index (χ0) is 11.1. The molecule has 0 amide bonds. The second-order valence-electron chi connectivity index (χ2n) is 4.75. The van der Waals surface area contributed by atoms with Crippen LogP contribution in [0.2, 0.25) is 0 Å². The van der Waals surface area contributed by atoms with Crippen LogP contribution >= 0.6 is 0 Å². The predicted octanol–water partition coefficient (Wildman–Crippen LogP) is 1.65. The highest BCUT2D eigenvalue weighted by molar-refractivity contribution is 5.82. The van der Waals surface area contributed by atoms with Crippen LogP contribution in [0.5, 0.6) is 0 Å². The Balaban J connectivity index is 1.89. The SMILES string of the molecule is O=C(O)c1nc2n(n1)C(C1CCCC1)CC2. The van der Waals surface area contributed by atoms with E-state index in [9.17, 15) is 4.79 Å². The number of hydrogen-bond acceptors (Lipinski definition) is 3. The molecule has 1 atom stereocenters. The highest BCUT2D eigenvalue weighted by atomic mass is 16.4. The van der Waals surface area contributed by atoms with E-state index in [1.54, 1.807) is 0 Å². The summed E-state index contributed by atoms with van der Waals surface area (Å²) in [6.45, 7) is 0. The van der Waals surface area contributed by atoms with Crippen molar-refractivity contribution >= 4 is 5.97 Å². The highest BCUT2D eigenvalue weighted by Gasteiger charge is 2.34. The van der Waals surface area contributed by atoms with Crippen LogP contribution in [0.25, 0.3) is 0 Å². The van der Waals surface area contributed by atoms with E-state index in [0.717, 1.165) is 18.7 Å². The van der Waals surface area contributed by atoms with Crippen LogP contribution in [-0.4, -0.2) is 25.8 Å². The lowest BCUT2D eigenvalue weighted by Gasteiger charge is -2.18. The van der Waals surface area contributed by atoms with Crippen LogP contribution in [0.1, 0.15) is 54.6 Å². The number of fused-ring (bicyclic) bond motifs is 1. The lowest BCUT2D eigenvalue weighted by Crippen LogP contribution is -2.15. The molecule has 0 saturated heterocycles. The molecule has 1 unspecified atom stereocenters. The Morgan fingerprint density at radius 3 is 2.75 bits per heavy atom. The average molecular weight is 221 g/mol. The Hall–Kier alpha value is -1.39. The quantitative estimate of drug-likeness (QED) is 0.824. The molecule has 1 aromatic rings. The van der Waals surface area contributed by atoms with E-state index in [1.807, 2.05) is 4.68 Å². The van der Waals surface area contributed by atoms with E-state index >= 15 is 0 Å². The molecule has 0 radical (unpaired) electrons. The molecule has 1 aliphatic heterocycles. The summed E-state index contributed by atoms with van der Waals surface area (Å²) in [7, 11) is 0. The van der Waals surface area contributed by atoms with Crippen molar-refractivity contribution < 1.29 is 9.90 Å². The van der Waals surface area contributed by atoms with E-state index in [1.165, 1.54) is 25.7 Å². The number of carboxylic acids is 1. The topological polar surface area (TPSA) is 68.0 Å². The molecule has 86 valence electrons. The van der Waals surface area contributed by atoms with Crippen molar-refractivity contribution in [3.63, 3.8) is 0 Å². The van der Waals surface area contributed by atoms with E-state index in [-0.39, 0.29) is 5.82 Å². The van der Waals surface area contributed by atoms with Gasteiger partial charge in [-0.05, 0) is 25.2 Å². The normalized spacial score (nSPS) is 24.9. The lowest BCUT2D eigenvalue weighted by molar-refractivity contribution is 0.0682. The van der Waals surface area contributed by atoms with Crippen molar-refractivity contribution in [1.82, 2.24) is 14.8 Å². The molecular formula is C11H15N3O2. The smallest absolute Gasteiger partial charge is 0.375 e. The van der Waals surface area contributed by atoms with Gasteiger partial charge in [0.25, 0.3) is 5.82 Å². The number of aryl methyl sites for hydroxylation is 1. The first kappa shape index (κ1) is 9.81. The van der Waals surface area contributed by atoms with Gasteiger partial charge in [-0.15, -0.1) is 5.10 Å². The Morgan fingerprint density at radius 1 is 1.31 bits per heavy atom. The second kappa shape index (κ2) is 3.57. The number of carbonyl (C=O) groups is 1. The van der Waals surface area contributed by atoms with Crippen LogP contribution in [0.4, 0.5) is 0 Å². The first-order valence-electron chi connectivity index (χ1n) is 5.94. The number of carboxylic acid groups (broad SMARTS) is 1. The summed E-state index contributed by atoms with van der Waals surface area (Å²) >= 11 is 0. The minimum Gasteiger partial charge on any atom is -0.475 e. The van der Waals surface area contributed by atoms with E-state index in [0.29, 0.717) is 12.0 Å². The predicted molar refractivity (Wildman–Crippen MR) is 56.3 cm³/mol. The maximum Gasteiger partial charge on any atom is 0.375 e. The fraction of sp³-hybridized carbons (Fsp3) is 0.727. The van der Waals surface area contributed by atoms with Gasteiger partial charge in [0.05, 0.1) is 6.04 Å². The third-order valence-electron chi connectivity index (χ3n) is 3.81. The Kier molecular flexibility index (Phi) is 2.19. The number of rotatable bonds is 2. The molecule has 16 heavy (non-hydrogen) atoms. The van der Waals surface area contributed by atoms with Crippen molar-refractivity contribution in [3.05, 3.63) is 11.6 Å². The van der Waals surface area contributed by atoms with Crippen molar-refractivity contribution in [2.75, 3.05) is 0 Å². The number of hydrogen-bond donors (Lipinski definition) is 1. The first-order valence-corrected chi connectivity index (χ1v) is 5.94. The summed E-state index contributed by atoms with van der Waals surface area (Å²) in [5, 5.41) is 13.0. The van der Waals surface area contributed by atoms with Crippen molar-refractivity contribution in [2.45, 2.75) is 44.6 Å². The summed E-state index contributed by atoms with van der Waals surface area (Å²) in [5.74, 6) is 0.476. The van der Waals surface area contributed by atoms with Crippen molar-refractivity contribution in [1.29, 1.82) is 0 Å². The Morgan fingerprint density at radius 2 is 2.06 bits per heavy atom. The van der Waals surface area contributed by atoms with Crippen LogP contribution < -0.4 is 0 Å². The first-order chi connectivity index (χ1) is 7.75. The van der Waals surface area contributed by atoms with Crippen LogP contribution in [-0.2, 0) is 6.42 Å². The van der Waals surface area contributed by atoms with Gasteiger partial charge in [-0.25, -0.2) is 14.5 Å². The van der Waals surface area contributed by atoms with Gasteiger partial charge in [0, 0.05) is 6.42 Å². The van der Waals surface area contributed by atoms with E-state index < -0.39 is 5.97 Å². The van der Waals surface area contributed by atoms with Gasteiger partial charge in [-0.1, -0.05) is 12.8 Å². The fourth-order valence-electron chi connectivity index (χ4n) is 3.06. The van der Waals surface area contributed by atoms with Crippen molar-refractivity contribution in [2.24, 2.45) is 5.92 Å². The fourth-order valence-corrected chi connectivity index (χ4v) is 3.06. The molecule has 0 bridgehead atoms. The maximum atomic E-state index is 10.8. The monoisotopic (exact) mass is 221 g/mol. The number of nitrogens with zero attached hydrogens (tertiary/aromatic N) is 3. The van der Waals surface area contributed by atoms with Crippen LogP contribution in [0, 0.1) is 5.92 Å². The molecule has 2 heterocycles. The molecule has 1 fully saturated rings. The maximum absolute atomic E-state index is 10.8. The van der Waals surface area contributed by atoms with Gasteiger partial charge in [-0.3, -0.25) is 0 Å². The molecular weight excluding hydrogens is 206 g/mol. The highest BCUT2D eigenvalue weighted by Crippen LogP contribution is 2.39. The summed E-state index contributed by atoms with van der Waals surface area (Å²) in [6, 6.07) is 0.401. The largest absolute Gasteiger partial charge is 0.475 e. The van der Waals surface area contributed by atoms with Crippen LogP contribution in [0.15, 0.2) is 0 Å². The molecule has 5 nitrogen and oxygen atoms in total. The minimum absolute atomic E-state index is 0.0438. The Bertz CT molecular complexity index is 421. The Labute approximate surface area is 93.5 Å². The molecule has 3 rings (SSSR count). The summed E-state index contributed by atoms with van der Waals surface area (Å²) in [5.41, 5.74) is 0. The van der Waals surface area contributed by atoms with Gasteiger partial charge in [0.2, 0.25) is 0 Å². The molecule has 0 aromatic carbocycles. The minimum atomic E-state index is -1.02. The van der Waals surface area contributed by atoms with Gasteiger partial charge in [0.1, 0.15) is 5.82 Å². The van der Waals surface area contributed by atoms with E-state index in [2.05, 4.69) is 10.1 Å². The molecule has 1 N–H and O–H groups in total. The third-order valence-corrected chi connectivity index (χ3v) is 3.81. The number of aromatic carboxylic acids is 1. The number of aromatic nitrogens is 3. The van der Waals surface area contributed by atoms with Gasteiger partial charge in [-0.2, -0.15) is 0 Å². The molecule has 5 heteroatoms. The summed E-state index contributed by atoms with van der Waals surface area (Å²) < 4.78 is 1.87. The molecule has 1 saturated carbocycles. The molecule has 1 aromatic heterocycles. The summed E-state index contributed by atoms with van der Waals surface area (Å²) in [4.78, 5) is 14.9. The molecule has 2 aliphatic rings. The zero-order valence-electron chi connectivity index (χ0n) is 9.09. The molecule has 0 spiro atoms. The van der Waals surface area contributed by atoms with Gasteiger partial charge < -0.3 is 5.11 Å². The second-order valence-corrected chi connectivity index (χ2v) is 4.75. The third kappa shape index (κ3) is 1.42.